The van der Waals surface area contributed by atoms with Gasteiger partial charge >= 0.3 is 0 Å². The Labute approximate surface area is 155 Å². The molecule has 2 aromatic carbocycles. The Kier molecular flexibility index (Phi) is 6.33. The van der Waals surface area contributed by atoms with E-state index >= 15 is 0 Å². The first kappa shape index (κ1) is 19.6. The standard InChI is InChI=1S/C24H33B/c1-9-11-22(10-2)25(23-18(5)12-16(3)13-19(23)6)24-20(7)14-17(4)15-21(24)8/h10,12-15H,9,11H2,1-8H3/b22-10+. The van der Waals surface area contributed by atoms with Crippen LogP contribution in [0, 0.1) is 41.5 Å². The molecule has 2 rings (SSSR count). The van der Waals surface area contributed by atoms with Gasteiger partial charge in [0.1, 0.15) is 0 Å². The molecule has 25 heavy (non-hydrogen) atoms. The van der Waals surface area contributed by atoms with E-state index in [1.165, 1.54) is 50.7 Å². The zero-order valence-corrected chi connectivity index (χ0v) is 17.4. The molecule has 0 aromatic heterocycles. The van der Waals surface area contributed by atoms with Crippen molar-refractivity contribution in [1.29, 1.82) is 0 Å². The first-order valence-electron chi connectivity index (χ1n) is 9.60. The SMILES string of the molecule is C/C=C(\CCC)B(c1c(C)cc(C)cc1C)c1c(C)cc(C)cc1C. The monoisotopic (exact) mass is 332 g/mol. The molecule has 0 heterocycles. The van der Waals surface area contributed by atoms with Gasteiger partial charge in [0.15, 0.2) is 0 Å². The molecule has 0 spiro atoms. The summed E-state index contributed by atoms with van der Waals surface area (Å²) >= 11 is 0. The molecule has 1 heteroatoms. The Morgan fingerprint density at radius 2 is 1.12 bits per heavy atom. The second-order valence-electron chi connectivity index (χ2n) is 7.67. The van der Waals surface area contributed by atoms with Crippen molar-refractivity contribution in [3.8, 4) is 0 Å². The lowest BCUT2D eigenvalue weighted by Crippen LogP contribution is -2.49. The fourth-order valence-corrected chi connectivity index (χ4v) is 4.55. The van der Waals surface area contributed by atoms with Gasteiger partial charge in [0.25, 0.3) is 0 Å². The Bertz CT molecular complexity index is 692. The lowest BCUT2D eigenvalue weighted by Gasteiger charge is -2.26. The van der Waals surface area contributed by atoms with Crippen LogP contribution in [0.1, 0.15) is 60.1 Å². The maximum absolute atomic E-state index is 2.35. The van der Waals surface area contributed by atoms with E-state index in [0.29, 0.717) is 6.71 Å². The van der Waals surface area contributed by atoms with Gasteiger partial charge in [0.2, 0.25) is 6.71 Å². The maximum atomic E-state index is 2.35. The van der Waals surface area contributed by atoms with Gasteiger partial charge in [0, 0.05) is 0 Å². The zero-order valence-electron chi connectivity index (χ0n) is 17.4. The highest BCUT2D eigenvalue weighted by Gasteiger charge is 2.29. The van der Waals surface area contributed by atoms with Crippen LogP contribution in [0.3, 0.4) is 0 Å². The van der Waals surface area contributed by atoms with E-state index in [9.17, 15) is 0 Å². The van der Waals surface area contributed by atoms with Crippen LogP contribution in [0.4, 0.5) is 0 Å². The minimum Gasteiger partial charge on any atom is -0.0963 e. The van der Waals surface area contributed by atoms with Crippen LogP contribution in [0.5, 0.6) is 0 Å². The van der Waals surface area contributed by atoms with Crippen molar-refractivity contribution in [2.45, 2.75) is 68.2 Å². The smallest absolute Gasteiger partial charge is 0.0963 e. The lowest BCUT2D eigenvalue weighted by molar-refractivity contribution is 0.939. The number of allylic oxidation sites excluding steroid dienone is 2. The summed E-state index contributed by atoms with van der Waals surface area (Å²) in [6.45, 7) is 18.4. The molecular weight excluding hydrogens is 299 g/mol. The Morgan fingerprint density at radius 3 is 1.40 bits per heavy atom. The summed E-state index contributed by atoms with van der Waals surface area (Å²) in [4.78, 5) is 0. The summed E-state index contributed by atoms with van der Waals surface area (Å²) < 4.78 is 0. The van der Waals surface area contributed by atoms with Crippen LogP contribution in [0.2, 0.25) is 0 Å². The normalized spacial score (nSPS) is 11.8. The molecule has 0 atom stereocenters. The molecule has 132 valence electrons. The average molecular weight is 332 g/mol. The van der Waals surface area contributed by atoms with Crippen molar-refractivity contribution in [1.82, 2.24) is 0 Å². The third-order valence-electron chi connectivity index (χ3n) is 5.33. The van der Waals surface area contributed by atoms with Crippen LogP contribution in [0.15, 0.2) is 35.8 Å². The van der Waals surface area contributed by atoms with Gasteiger partial charge in [-0.1, -0.05) is 93.5 Å². The predicted octanol–water partition coefficient (Wildman–Crippen LogP) is 5.43. The molecule has 0 aliphatic carbocycles. The van der Waals surface area contributed by atoms with Crippen LogP contribution >= 0.6 is 0 Å². The molecule has 0 bridgehead atoms. The van der Waals surface area contributed by atoms with E-state index in [0.717, 1.165) is 6.42 Å². The summed E-state index contributed by atoms with van der Waals surface area (Å²) in [7, 11) is 0. The summed E-state index contributed by atoms with van der Waals surface area (Å²) in [5.41, 5.74) is 12.9. The molecule has 0 N–H and O–H groups in total. The molecule has 0 unspecified atom stereocenters. The molecular formula is C24H33B. The molecule has 0 nitrogen and oxygen atoms in total. The van der Waals surface area contributed by atoms with Crippen LogP contribution in [-0.2, 0) is 0 Å². The van der Waals surface area contributed by atoms with E-state index in [4.69, 9.17) is 0 Å². The van der Waals surface area contributed by atoms with Gasteiger partial charge in [-0.05, 0) is 54.9 Å². The number of hydrogen-bond acceptors (Lipinski definition) is 0. The lowest BCUT2D eigenvalue weighted by atomic mass is 9.33. The quantitative estimate of drug-likeness (QED) is 0.640. The maximum Gasteiger partial charge on any atom is 0.238 e. The number of benzene rings is 2. The summed E-state index contributed by atoms with van der Waals surface area (Å²) in [6.07, 6.45) is 4.69. The van der Waals surface area contributed by atoms with Crippen molar-refractivity contribution < 1.29 is 0 Å². The number of rotatable bonds is 5. The number of aryl methyl sites for hydroxylation is 6. The van der Waals surface area contributed by atoms with Gasteiger partial charge in [-0.2, -0.15) is 0 Å². The first-order chi connectivity index (χ1) is 11.8. The predicted molar refractivity (Wildman–Crippen MR) is 115 cm³/mol. The zero-order chi connectivity index (χ0) is 18.7. The van der Waals surface area contributed by atoms with Crippen LogP contribution in [-0.4, -0.2) is 6.71 Å². The molecule has 2 aromatic rings. The molecule has 0 amide bonds. The third kappa shape index (κ3) is 4.08. The van der Waals surface area contributed by atoms with Crippen molar-refractivity contribution in [2.75, 3.05) is 0 Å². The highest BCUT2D eigenvalue weighted by molar-refractivity contribution is 6.92. The van der Waals surface area contributed by atoms with Crippen molar-refractivity contribution in [3.63, 3.8) is 0 Å². The highest BCUT2D eigenvalue weighted by atomic mass is 14.1. The third-order valence-corrected chi connectivity index (χ3v) is 5.33. The van der Waals surface area contributed by atoms with Crippen molar-refractivity contribution in [2.24, 2.45) is 0 Å². The second kappa shape index (κ2) is 8.08. The van der Waals surface area contributed by atoms with Gasteiger partial charge in [0.05, 0.1) is 0 Å². The molecule has 0 radical (unpaired) electrons. The van der Waals surface area contributed by atoms with E-state index in [1.807, 2.05) is 0 Å². The highest BCUT2D eigenvalue weighted by Crippen LogP contribution is 2.18. The molecule has 0 aliphatic rings. The van der Waals surface area contributed by atoms with Crippen molar-refractivity contribution in [3.05, 3.63) is 69.2 Å². The molecule has 0 saturated heterocycles. The van der Waals surface area contributed by atoms with Gasteiger partial charge in [-0.15, -0.1) is 0 Å². The molecule has 0 saturated carbocycles. The fourth-order valence-electron chi connectivity index (χ4n) is 4.55. The van der Waals surface area contributed by atoms with Gasteiger partial charge in [-0.25, -0.2) is 0 Å². The van der Waals surface area contributed by atoms with Gasteiger partial charge < -0.3 is 0 Å². The molecule has 0 fully saturated rings. The van der Waals surface area contributed by atoms with E-state index < -0.39 is 0 Å². The van der Waals surface area contributed by atoms with Gasteiger partial charge in [-0.3, -0.25) is 0 Å². The Hall–Kier alpha value is -1.76. The van der Waals surface area contributed by atoms with Crippen LogP contribution < -0.4 is 10.9 Å². The number of hydrogen-bond donors (Lipinski definition) is 0. The molecule has 0 aliphatic heterocycles. The minimum atomic E-state index is 0.367. The Morgan fingerprint density at radius 1 is 0.760 bits per heavy atom. The van der Waals surface area contributed by atoms with E-state index in [2.05, 4.69) is 85.7 Å². The Balaban J connectivity index is 2.81. The van der Waals surface area contributed by atoms with E-state index in [-0.39, 0.29) is 0 Å². The topological polar surface area (TPSA) is 0 Å². The summed E-state index contributed by atoms with van der Waals surface area (Å²) in [5, 5.41) is 0. The van der Waals surface area contributed by atoms with Crippen molar-refractivity contribution >= 4 is 17.6 Å². The first-order valence-corrected chi connectivity index (χ1v) is 9.60. The second-order valence-corrected chi connectivity index (χ2v) is 7.67. The average Bonchev–Trinajstić information content (AvgIpc) is 2.49. The summed E-state index contributed by atoms with van der Waals surface area (Å²) in [5.74, 6) is 0. The fraction of sp³-hybridized carbons (Fsp3) is 0.417. The largest absolute Gasteiger partial charge is 0.238 e. The van der Waals surface area contributed by atoms with E-state index in [1.54, 1.807) is 5.47 Å². The summed E-state index contributed by atoms with van der Waals surface area (Å²) in [6, 6.07) is 9.36. The van der Waals surface area contributed by atoms with Crippen LogP contribution in [0.25, 0.3) is 0 Å². The minimum absolute atomic E-state index is 0.367.